The number of nitrogen functional groups attached to an aromatic ring is 1. The minimum Gasteiger partial charge on any atom is -0.378 e. The number of amides is 1. The Morgan fingerprint density at radius 1 is 1.59 bits per heavy atom. The summed E-state index contributed by atoms with van der Waals surface area (Å²) in [6, 6.07) is 0. The van der Waals surface area contributed by atoms with Crippen LogP contribution in [0.2, 0.25) is 0 Å². The zero-order chi connectivity index (χ0) is 13.0. The number of carbonyl (C=O) groups excluding carboxylic acids is 1. The van der Waals surface area contributed by atoms with Gasteiger partial charge in [0.2, 0.25) is 17.5 Å². The van der Waals surface area contributed by atoms with Gasteiger partial charge in [0, 0.05) is 14.1 Å². The maximum absolute atomic E-state index is 11.3. The first kappa shape index (κ1) is 12.6. The third kappa shape index (κ3) is 3.00. The number of hydrogen-bond acceptors (Lipinski definition) is 7. The molecule has 0 radical (unpaired) electrons. The van der Waals surface area contributed by atoms with E-state index in [0.29, 0.717) is 0 Å². The summed E-state index contributed by atoms with van der Waals surface area (Å²) in [5.41, 5.74) is 4.93. The first-order valence-electron chi connectivity index (χ1n) is 4.62. The van der Waals surface area contributed by atoms with Gasteiger partial charge in [0.15, 0.2) is 0 Å². The number of nitro groups is 1. The fourth-order valence-corrected chi connectivity index (χ4v) is 1.02. The van der Waals surface area contributed by atoms with Crippen molar-refractivity contribution in [2.75, 3.05) is 31.7 Å². The van der Waals surface area contributed by atoms with E-state index in [4.69, 9.17) is 5.73 Å². The van der Waals surface area contributed by atoms with Crippen molar-refractivity contribution in [2.45, 2.75) is 0 Å². The van der Waals surface area contributed by atoms with E-state index in [-0.39, 0.29) is 24.1 Å². The molecular weight excluding hydrogens is 228 g/mol. The van der Waals surface area contributed by atoms with Gasteiger partial charge in [0.25, 0.3) is 0 Å². The van der Waals surface area contributed by atoms with Crippen molar-refractivity contribution >= 4 is 23.2 Å². The molecule has 0 atom stereocenters. The Hall–Kier alpha value is -2.45. The van der Waals surface area contributed by atoms with Crippen LogP contribution in [-0.4, -0.2) is 46.3 Å². The second kappa shape index (κ2) is 5.05. The lowest BCUT2D eigenvalue weighted by molar-refractivity contribution is -0.383. The molecule has 0 saturated carbocycles. The monoisotopic (exact) mass is 240 g/mol. The van der Waals surface area contributed by atoms with Crippen LogP contribution >= 0.6 is 0 Å². The highest BCUT2D eigenvalue weighted by atomic mass is 16.6. The summed E-state index contributed by atoms with van der Waals surface area (Å²) in [4.78, 5) is 29.9. The van der Waals surface area contributed by atoms with Crippen LogP contribution in [0.3, 0.4) is 0 Å². The molecule has 9 heteroatoms. The van der Waals surface area contributed by atoms with Crippen molar-refractivity contribution in [1.29, 1.82) is 0 Å². The first-order valence-corrected chi connectivity index (χ1v) is 4.62. The van der Waals surface area contributed by atoms with Crippen molar-refractivity contribution in [3.8, 4) is 0 Å². The molecule has 0 aliphatic carbocycles. The van der Waals surface area contributed by atoms with Crippen LogP contribution < -0.4 is 11.1 Å². The number of likely N-dealkylation sites (N-methyl/N-ethyl adjacent to an activating group) is 1. The Morgan fingerprint density at radius 2 is 2.24 bits per heavy atom. The molecule has 17 heavy (non-hydrogen) atoms. The summed E-state index contributed by atoms with van der Waals surface area (Å²) in [6.45, 7) is -0.107. The van der Waals surface area contributed by atoms with Crippen LogP contribution in [0.25, 0.3) is 0 Å². The van der Waals surface area contributed by atoms with E-state index >= 15 is 0 Å². The summed E-state index contributed by atoms with van der Waals surface area (Å²) in [5, 5.41) is 13.3. The predicted octanol–water partition coefficient (Wildman–Crippen LogP) is -0.533. The molecule has 9 nitrogen and oxygen atoms in total. The van der Waals surface area contributed by atoms with Gasteiger partial charge < -0.3 is 16.0 Å². The predicted molar refractivity (Wildman–Crippen MR) is 60.3 cm³/mol. The lowest BCUT2D eigenvalue weighted by atomic mass is 10.4. The van der Waals surface area contributed by atoms with Crippen molar-refractivity contribution in [2.24, 2.45) is 0 Å². The van der Waals surface area contributed by atoms with Gasteiger partial charge in [-0.05, 0) is 0 Å². The summed E-state index contributed by atoms with van der Waals surface area (Å²) in [6.07, 6.45) is 1.09. The maximum Gasteiger partial charge on any atom is 0.352 e. The van der Waals surface area contributed by atoms with Crippen LogP contribution in [0.15, 0.2) is 6.33 Å². The first-order chi connectivity index (χ1) is 7.93. The van der Waals surface area contributed by atoms with Gasteiger partial charge in [-0.1, -0.05) is 0 Å². The molecule has 0 aliphatic rings. The van der Waals surface area contributed by atoms with Gasteiger partial charge in [-0.15, -0.1) is 0 Å². The molecule has 0 bridgehead atoms. The van der Waals surface area contributed by atoms with E-state index in [1.165, 1.54) is 4.90 Å². The van der Waals surface area contributed by atoms with Gasteiger partial charge in [0.05, 0.1) is 11.5 Å². The van der Waals surface area contributed by atoms with Crippen molar-refractivity contribution in [1.82, 2.24) is 14.9 Å². The SMILES string of the molecule is CN(C)C(=O)CNc1ncnc(N)c1[N+](=O)[O-]. The van der Waals surface area contributed by atoms with Crippen LogP contribution in [0.4, 0.5) is 17.3 Å². The highest BCUT2D eigenvalue weighted by Crippen LogP contribution is 2.25. The normalized spacial score (nSPS) is 9.76. The lowest BCUT2D eigenvalue weighted by Gasteiger charge is -2.11. The van der Waals surface area contributed by atoms with Gasteiger partial charge in [0.1, 0.15) is 6.33 Å². The number of anilines is 2. The fraction of sp³-hybridized carbons (Fsp3) is 0.375. The minimum absolute atomic E-state index is 0.0716. The summed E-state index contributed by atoms with van der Waals surface area (Å²) < 4.78 is 0. The van der Waals surface area contributed by atoms with E-state index in [9.17, 15) is 14.9 Å². The quantitative estimate of drug-likeness (QED) is 0.534. The number of hydrogen-bond donors (Lipinski definition) is 2. The maximum atomic E-state index is 11.3. The molecule has 0 spiro atoms. The van der Waals surface area contributed by atoms with Crippen molar-refractivity contribution in [3.05, 3.63) is 16.4 Å². The zero-order valence-electron chi connectivity index (χ0n) is 9.38. The summed E-state index contributed by atoms with van der Waals surface area (Å²) >= 11 is 0. The Kier molecular flexibility index (Phi) is 3.75. The standard InChI is InChI=1S/C8H12N6O3/c1-13(2)5(15)3-10-8-6(14(16)17)7(9)11-4-12-8/h4H,3H2,1-2H3,(H3,9,10,11,12). The van der Waals surface area contributed by atoms with Crippen LogP contribution in [0.5, 0.6) is 0 Å². The molecule has 0 saturated heterocycles. The molecule has 1 amide bonds. The molecule has 0 unspecified atom stereocenters. The zero-order valence-corrected chi connectivity index (χ0v) is 9.38. The molecule has 0 aliphatic heterocycles. The van der Waals surface area contributed by atoms with Crippen LogP contribution in [-0.2, 0) is 4.79 Å². The number of rotatable bonds is 4. The molecule has 3 N–H and O–H groups in total. The highest BCUT2D eigenvalue weighted by molar-refractivity contribution is 5.81. The van der Waals surface area contributed by atoms with Gasteiger partial charge in [-0.25, -0.2) is 9.97 Å². The summed E-state index contributed by atoms with van der Waals surface area (Å²) in [7, 11) is 3.15. The number of carbonyl (C=O) groups is 1. The molecule has 1 aromatic rings. The Bertz CT molecular complexity index is 447. The second-order valence-electron chi connectivity index (χ2n) is 3.35. The molecular formula is C8H12N6O3. The Morgan fingerprint density at radius 3 is 2.76 bits per heavy atom. The minimum atomic E-state index is -0.697. The number of aromatic nitrogens is 2. The van der Waals surface area contributed by atoms with Crippen molar-refractivity contribution in [3.63, 3.8) is 0 Å². The molecule has 0 fully saturated rings. The van der Waals surface area contributed by atoms with E-state index < -0.39 is 10.6 Å². The lowest BCUT2D eigenvalue weighted by Crippen LogP contribution is -2.29. The molecule has 1 rings (SSSR count). The topological polar surface area (TPSA) is 127 Å². The van der Waals surface area contributed by atoms with E-state index in [1.54, 1.807) is 14.1 Å². The van der Waals surface area contributed by atoms with Gasteiger partial charge in [-0.2, -0.15) is 0 Å². The van der Waals surface area contributed by atoms with Gasteiger partial charge in [-0.3, -0.25) is 14.9 Å². The van der Waals surface area contributed by atoms with Crippen LogP contribution in [0.1, 0.15) is 0 Å². The number of nitrogens with two attached hydrogens (primary N) is 1. The largest absolute Gasteiger partial charge is 0.378 e. The average molecular weight is 240 g/mol. The number of nitrogens with one attached hydrogen (secondary N) is 1. The third-order valence-corrected chi connectivity index (χ3v) is 1.94. The average Bonchev–Trinajstić information content (AvgIpc) is 2.24. The Balaban J connectivity index is 2.88. The number of nitrogens with zero attached hydrogens (tertiary/aromatic N) is 4. The highest BCUT2D eigenvalue weighted by Gasteiger charge is 2.21. The van der Waals surface area contributed by atoms with Crippen LogP contribution in [0, 0.1) is 10.1 Å². The summed E-state index contributed by atoms with van der Waals surface area (Å²) in [5.74, 6) is -0.556. The third-order valence-electron chi connectivity index (χ3n) is 1.94. The molecule has 0 aromatic carbocycles. The molecule has 92 valence electrons. The van der Waals surface area contributed by atoms with E-state index in [1.807, 2.05) is 0 Å². The van der Waals surface area contributed by atoms with E-state index in [2.05, 4.69) is 15.3 Å². The smallest absolute Gasteiger partial charge is 0.352 e. The fourth-order valence-electron chi connectivity index (χ4n) is 1.02. The second-order valence-corrected chi connectivity index (χ2v) is 3.35. The van der Waals surface area contributed by atoms with Crippen molar-refractivity contribution < 1.29 is 9.72 Å². The Labute approximate surface area is 96.8 Å². The van der Waals surface area contributed by atoms with E-state index in [0.717, 1.165) is 6.33 Å². The molecule has 1 heterocycles. The van der Waals surface area contributed by atoms with Gasteiger partial charge >= 0.3 is 5.69 Å². The molecule has 1 aromatic heterocycles.